The molecule has 4 aliphatic carbocycles. The summed E-state index contributed by atoms with van der Waals surface area (Å²) >= 11 is 0. The fraction of sp³-hybridized carbons (Fsp3) is 0.857. The molecule has 3 saturated carbocycles. The summed E-state index contributed by atoms with van der Waals surface area (Å²) in [6.45, 7) is 5.87. The van der Waals surface area contributed by atoms with Gasteiger partial charge in [-0.3, -0.25) is 0 Å². The fourth-order valence-electron chi connectivity index (χ4n) is 6.80. The summed E-state index contributed by atoms with van der Waals surface area (Å²) in [5.41, 5.74) is 8.67. The Kier molecular flexibility index (Phi) is 4.48. The van der Waals surface area contributed by atoms with Gasteiger partial charge in [0.1, 0.15) is 6.61 Å². The number of rotatable bonds is 3. The molecule has 3 N–H and O–H groups in total. The minimum Gasteiger partial charge on any atom is -0.394 e. The third-order valence-corrected chi connectivity index (χ3v) is 8.32. The van der Waals surface area contributed by atoms with Crippen molar-refractivity contribution in [2.75, 3.05) is 13.2 Å². The van der Waals surface area contributed by atoms with Crippen molar-refractivity contribution >= 4 is 5.71 Å². The van der Waals surface area contributed by atoms with Crippen molar-refractivity contribution in [3.8, 4) is 0 Å². The molecule has 4 heteroatoms. The maximum atomic E-state index is 10.6. The van der Waals surface area contributed by atoms with E-state index < -0.39 is 0 Å². The molecule has 4 nitrogen and oxygen atoms in total. The Bertz CT molecular complexity index is 586. The van der Waals surface area contributed by atoms with Crippen LogP contribution in [0.3, 0.4) is 0 Å². The van der Waals surface area contributed by atoms with Gasteiger partial charge in [-0.05, 0) is 86.0 Å². The lowest BCUT2D eigenvalue weighted by atomic mass is 9.47. The van der Waals surface area contributed by atoms with E-state index in [1.807, 2.05) is 0 Å². The Morgan fingerprint density at radius 3 is 2.80 bits per heavy atom. The van der Waals surface area contributed by atoms with Crippen LogP contribution in [0, 0.1) is 28.6 Å². The molecule has 4 rings (SSSR count). The van der Waals surface area contributed by atoms with E-state index in [0.717, 1.165) is 36.3 Å². The summed E-state index contributed by atoms with van der Waals surface area (Å²) in [7, 11) is 0. The highest BCUT2D eigenvalue weighted by Crippen LogP contribution is 2.65. The molecule has 0 aromatic rings. The van der Waals surface area contributed by atoms with Crippen molar-refractivity contribution in [1.29, 1.82) is 0 Å². The van der Waals surface area contributed by atoms with E-state index in [1.54, 1.807) is 5.57 Å². The molecule has 0 spiro atoms. The van der Waals surface area contributed by atoms with E-state index in [9.17, 15) is 5.11 Å². The summed E-state index contributed by atoms with van der Waals surface area (Å²) in [6.07, 6.45) is 11.7. The van der Waals surface area contributed by atoms with E-state index in [-0.39, 0.29) is 11.5 Å². The predicted octanol–water partition coefficient (Wildman–Crippen LogP) is 3.64. The Morgan fingerprint density at radius 2 is 2.00 bits per heavy atom. The summed E-state index contributed by atoms with van der Waals surface area (Å²) in [4.78, 5) is 5.31. The van der Waals surface area contributed by atoms with E-state index in [2.05, 4.69) is 25.1 Å². The Labute approximate surface area is 151 Å². The van der Waals surface area contributed by atoms with Crippen LogP contribution in [0.5, 0.6) is 0 Å². The monoisotopic (exact) mass is 346 g/mol. The van der Waals surface area contributed by atoms with Crippen LogP contribution in [0.2, 0.25) is 0 Å². The average Bonchev–Trinajstić information content (AvgIpc) is 2.90. The van der Waals surface area contributed by atoms with Gasteiger partial charge in [-0.2, -0.15) is 0 Å². The van der Waals surface area contributed by atoms with Crippen molar-refractivity contribution < 1.29 is 9.94 Å². The first-order valence-electron chi connectivity index (χ1n) is 10.3. The van der Waals surface area contributed by atoms with Crippen LogP contribution in [0.4, 0.5) is 0 Å². The number of aliphatic hydroxyl groups is 1. The molecule has 0 heterocycles. The van der Waals surface area contributed by atoms with E-state index in [1.165, 1.54) is 38.5 Å². The van der Waals surface area contributed by atoms with Crippen molar-refractivity contribution in [2.45, 2.75) is 71.3 Å². The molecule has 0 bridgehead atoms. The number of nitrogens with zero attached hydrogens (tertiary/aromatic N) is 1. The zero-order valence-corrected chi connectivity index (χ0v) is 15.8. The molecule has 0 aliphatic heterocycles. The zero-order valence-electron chi connectivity index (χ0n) is 15.8. The largest absolute Gasteiger partial charge is 0.394 e. The van der Waals surface area contributed by atoms with Crippen LogP contribution < -0.4 is 5.73 Å². The van der Waals surface area contributed by atoms with Crippen molar-refractivity contribution in [1.82, 2.24) is 0 Å². The first-order valence-corrected chi connectivity index (χ1v) is 10.3. The molecule has 25 heavy (non-hydrogen) atoms. The molecule has 0 aromatic carbocycles. The van der Waals surface area contributed by atoms with Gasteiger partial charge in [0.15, 0.2) is 0 Å². The average molecular weight is 347 g/mol. The van der Waals surface area contributed by atoms with E-state index in [0.29, 0.717) is 18.6 Å². The van der Waals surface area contributed by atoms with E-state index in [4.69, 9.17) is 10.6 Å². The SMILES string of the molecule is CC12CCC3C(CCC4=C/C(=N/OCCN)CC[C@@]43C)C1CC[C@@H]2O. The van der Waals surface area contributed by atoms with Gasteiger partial charge in [0.2, 0.25) is 0 Å². The highest BCUT2D eigenvalue weighted by molar-refractivity contribution is 5.96. The molecular weight excluding hydrogens is 312 g/mol. The molecule has 0 saturated heterocycles. The van der Waals surface area contributed by atoms with Gasteiger partial charge in [0, 0.05) is 6.54 Å². The highest BCUT2D eigenvalue weighted by Gasteiger charge is 2.58. The minimum absolute atomic E-state index is 0.0759. The Balaban J connectivity index is 1.57. The van der Waals surface area contributed by atoms with Gasteiger partial charge in [-0.25, -0.2) is 0 Å². The number of allylic oxidation sites excluding steroid dienone is 2. The van der Waals surface area contributed by atoms with E-state index >= 15 is 0 Å². The van der Waals surface area contributed by atoms with Crippen LogP contribution in [0.1, 0.15) is 65.2 Å². The van der Waals surface area contributed by atoms with Crippen LogP contribution in [-0.4, -0.2) is 30.1 Å². The molecular formula is C21H34N2O2. The molecule has 6 atom stereocenters. The topological polar surface area (TPSA) is 67.8 Å². The smallest absolute Gasteiger partial charge is 0.129 e. The van der Waals surface area contributed by atoms with Gasteiger partial charge in [-0.1, -0.05) is 24.6 Å². The quantitative estimate of drug-likeness (QED) is 0.605. The van der Waals surface area contributed by atoms with Crippen LogP contribution >= 0.6 is 0 Å². The lowest BCUT2D eigenvalue weighted by Gasteiger charge is -2.57. The van der Waals surface area contributed by atoms with Crippen molar-refractivity contribution in [2.24, 2.45) is 39.5 Å². The lowest BCUT2D eigenvalue weighted by molar-refractivity contribution is -0.0722. The standard InChI is InChI=1S/C21H34N2O2/c1-20-9-7-15(23-25-12-11-22)13-14(20)3-4-16-17-5-6-19(24)21(17,2)10-8-18(16)20/h13,16-19,24H,3-12,22H2,1-2H3/b23-15+/t16?,17?,18?,19-,20-,21?/m0/s1. The minimum atomic E-state index is -0.0759. The number of hydrogen-bond donors (Lipinski definition) is 2. The van der Waals surface area contributed by atoms with Crippen molar-refractivity contribution in [3.63, 3.8) is 0 Å². The predicted molar refractivity (Wildman–Crippen MR) is 100 cm³/mol. The lowest BCUT2D eigenvalue weighted by Crippen LogP contribution is -2.51. The first-order chi connectivity index (χ1) is 12.0. The fourth-order valence-corrected chi connectivity index (χ4v) is 6.80. The molecule has 4 aliphatic rings. The van der Waals surface area contributed by atoms with Crippen LogP contribution in [0.15, 0.2) is 16.8 Å². The molecule has 0 aromatic heterocycles. The highest BCUT2D eigenvalue weighted by atomic mass is 16.6. The number of nitrogens with two attached hydrogens (primary N) is 1. The first kappa shape index (κ1) is 17.5. The van der Waals surface area contributed by atoms with Gasteiger partial charge in [0.05, 0.1) is 11.8 Å². The van der Waals surface area contributed by atoms with Gasteiger partial charge >= 0.3 is 0 Å². The van der Waals surface area contributed by atoms with Gasteiger partial charge < -0.3 is 15.7 Å². The summed E-state index contributed by atoms with van der Waals surface area (Å²) in [5.74, 6) is 2.30. The number of hydrogen-bond acceptors (Lipinski definition) is 4. The maximum Gasteiger partial charge on any atom is 0.129 e. The maximum absolute atomic E-state index is 10.6. The Morgan fingerprint density at radius 1 is 1.16 bits per heavy atom. The second-order valence-corrected chi connectivity index (χ2v) is 9.34. The van der Waals surface area contributed by atoms with Crippen molar-refractivity contribution in [3.05, 3.63) is 11.6 Å². The second-order valence-electron chi connectivity index (χ2n) is 9.34. The normalized spacial score (nSPS) is 47.7. The Hall–Kier alpha value is -0.870. The number of fused-ring (bicyclic) bond motifs is 5. The summed E-state index contributed by atoms with van der Waals surface area (Å²) in [6, 6.07) is 0. The molecule has 0 amide bonds. The summed E-state index contributed by atoms with van der Waals surface area (Å²) < 4.78 is 0. The zero-order chi connectivity index (χ0) is 17.7. The van der Waals surface area contributed by atoms with Gasteiger partial charge in [-0.15, -0.1) is 0 Å². The van der Waals surface area contributed by atoms with Crippen LogP contribution in [-0.2, 0) is 4.84 Å². The second kappa shape index (κ2) is 6.38. The molecule has 4 unspecified atom stereocenters. The number of aliphatic hydroxyl groups excluding tert-OH is 1. The third kappa shape index (κ3) is 2.68. The molecule has 0 radical (unpaired) electrons. The third-order valence-electron chi connectivity index (χ3n) is 8.32. The number of oxime groups is 1. The molecule has 140 valence electrons. The summed E-state index contributed by atoms with van der Waals surface area (Å²) in [5, 5.41) is 14.9. The molecule has 3 fully saturated rings. The van der Waals surface area contributed by atoms with Gasteiger partial charge in [0.25, 0.3) is 0 Å². The van der Waals surface area contributed by atoms with Crippen LogP contribution in [0.25, 0.3) is 0 Å².